The van der Waals surface area contributed by atoms with E-state index < -0.39 is 17.7 Å². The molecule has 0 saturated carbocycles. The summed E-state index contributed by atoms with van der Waals surface area (Å²) in [5, 5.41) is 7.95. The van der Waals surface area contributed by atoms with E-state index in [1.165, 1.54) is 0 Å². The van der Waals surface area contributed by atoms with E-state index in [2.05, 4.69) is 23.2 Å². The van der Waals surface area contributed by atoms with Crippen LogP contribution in [0.2, 0.25) is 0 Å². The molecular formula is C33H43N5O5. The zero-order valence-electron chi connectivity index (χ0n) is 26.1. The molecule has 43 heavy (non-hydrogen) atoms. The van der Waals surface area contributed by atoms with Gasteiger partial charge in [0.2, 0.25) is 0 Å². The summed E-state index contributed by atoms with van der Waals surface area (Å²) in [5.74, 6) is 0.114. The summed E-state index contributed by atoms with van der Waals surface area (Å²) in [6, 6.07) is 9.50. The molecule has 3 aliphatic heterocycles. The van der Waals surface area contributed by atoms with Gasteiger partial charge in [0.05, 0.1) is 42.2 Å². The minimum absolute atomic E-state index is 0.167. The Morgan fingerprint density at radius 1 is 1.19 bits per heavy atom. The van der Waals surface area contributed by atoms with Crippen LogP contribution in [0.5, 0.6) is 0 Å². The van der Waals surface area contributed by atoms with E-state index in [1.54, 1.807) is 11.4 Å². The van der Waals surface area contributed by atoms with Gasteiger partial charge >= 0.3 is 5.97 Å². The zero-order valence-corrected chi connectivity index (χ0v) is 26.1. The van der Waals surface area contributed by atoms with Crippen molar-refractivity contribution >= 4 is 23.3 Å². The van der Waals surface area contributed by atoms with Gasteiger partial charge < -0.3 is 24.4 Å². The molecule has 10 nitrogen and oxygen atoms in total. The third kappa shape index (κ3) is 6.91. The molecule has 3 aromatic rings. The smallest absolute Gasteiger partial charge is 0.340 e. The molecular weight excluding hydrogens is 546 g/mol. The molecule has 0 aliphatic carbocycles. The lowest BCUT2D eigenvalue weighted by molar-refractivity contribution is -0.166. The lowest BCUT2D eigenvalue weighted by atomic mass is 9.92. The molecule has 3 aliphatic rings. The highest BCUT2D eigenvalue weighted by molar-refractivity contribution is 5.95. The number of aryl methyl sites for hydroxylation is 1. The van der Waals surface area contributed by atoms with Crippen molar-refractivity contribution in [3.63, 3.8) is 0 Å². The number of esters is 1. The number of carbonyl (C=O) groups excluding carboxylic acids is 2. The maximum absolute atomic E-state index is 13.4. The molecule has 1 aromatic carbocycles. The Bertz CT molecular complexity index is 1510. The quantitative estimate of drug-likeness (QED) is 0.339. The van der Waals surface area contributed by atoms with E-state index in [1.807, 2.05) is 64.1 Å². The third-order valence-electron chi connectivity index (χ3n) is 7.93. The predicted molar refractivity (Wildman–Crippen MR) is 164 cm³/mol. The van der Waals surface area contributed by atoms with Gasteiger partial charge in [-0.05, 0) is 72.4 Å². The van der Waals surface area contributed by atoms with Crippen molar-refractivity contribution in [2.45, 2.75) is 84.7 Å². The summed E-state index contributed by atoms with van der Waals surface area (Å²) in [6.07, 6.45) is 5.31. The Labute approximate surface area is 253 Å². The van der Waals surface area contributed by atoms with Crippen LogP contribution in [0.15, 0.2) is 42.5 Å². The fraction of sp³-hybridized carbons (Fsp3) is 0.515. The SMILES string of the molecule is CCOC(=O)[C@@H](OC(C)(C)C)c1c(C)nc2cc3nn2c1N1CCC(C)(CC1)OC/C=C/Cc1ccccc1C(=O)NC3. The first-order valence-corrected chi connectivity index (χ1v) is 15.1. The van der Waals surface area contributed by atoms with Crippen molar-refractivity contribution in [2.24, 2.45) is 0 Å². The number of fused-ring (bicyclic) bond motifs is 7. The topological polar surface area (TPSA) is 107 Å². The van der Waals surface area contributed by atoms with E-state index in [4.69, 9.17) is 24.3 Å². The summed E-state index contributed by atoms with van der Waals surface area (Å²) < 4.78 is 20.0. The minimum atomic E-state index is -0.997. The van der Waals surface area contributed by atoms with E-state index in [0.29, 0.717) is 54.3 Å². The largest absolute Gasteiger partial charge is 0.464 e. The molecule has 1 N–H and O–H groups in total. The summed E-state index contributed by atoms with van der Waals surface area (Å²) in [6.45, 7) is 13.9. The molecule has 1 saturated heterocycles. The number of anilines is 1. The first kappa shape index (κ1) is 30.7. The monoisotopic (exact) mass is 589 g/mol. The average Bonchev–Trinajstić information content (AvgIpc) is 3.36. The number of nitrogens with one attached hydrogen (secondary N) is 1. The van der Waals surface area contributed by atoms with Gasteiger partial charge in [0, 0.05) is 30.4 Å². The molecule has 0 spiro atoms. The van der Waals surface area contributed by atoms with Gasteiger partial charge in [-0.1, -0.05) is 30.4 Å². The van der Waals surface area contributed by atoms with Gasteiger partial charge in [0.15, 0.2) is 11.8 Å². The van der Waals surface area contributed by atoms with Gasteiger partial charge in [-0.2, -0.15) is 9.61 Å². The predicted octanol–water partition coefficient (Wildman–Crippen LogP) is 4.87. The Kier molecular flexibility index (Phi) is 8.89. The van der Waals surface area contributed by atoms with Crippen LogP contribution in [0.4, 0.5) is 5.82 Å². The van der Waals surface area contributed by atoms with Gasteiger partial charge in [0.1, 0.15) is 5.82 Å². The van der Waals surface area contributed by atoms with Crippen molar-refractivity contribution in [2.75, 3.05) is 31.2 Å². The molecule has 0 unspecified atom stereocenters. The van der Waals surface area contributed by atoms with E-state index >= 15 is 0 Å². The van der Waals surface area contributed by atoms with Crippen LogP contribution in [-0.4, -0.2) is 64.0 Å². The number of hydrogen-bond acceptors (Lipinski definition) is 8. The van der Waals surface area contributed by atoms with Crippen molar-refractivity contribution < 1.29 is 23.8 Å². The highest BCUT2D eigenvalue weighted by Gasteiger charge is 2.38. The number of benzene rings is 1. The standard InChI is InChI=1S/C33H43N5O5/c1-7-41-31(40)28(43-32(3,4)5)27-22(2)35-26-20-24-21-34-29(39)25-14-9-8-12-23(25)13-10-11-19-42-33(6)15-17-37(18-16-33)30(27)38(26)36-24/h8-12,14,20,28H,7,13,15-19,21H2,1-6H3,(H,34,39)/b11-10+/t28-/m0/s1. The van der Waals surface area contributed by atoms with Crippen molar-refractivity contribution in [3.8, 4) is 0 Å². The van der Waals surface area contributed by atoms with Gasteiger partial charge in [-0.3, -0.25) is 4.79 Å². The first-order valence-electron chi connectivity index (χ1n) is 15.1. The normalized spacial score (nSPS) is 18.9. The summed E-state index contributed by atoms with van der Waals surface area (Å²) in [7, 11) is 0. The number of nitrogens with zero attached hydrogens (tertiary/aromatic N) is 4. The minimum Gasteiger partial charge on any atom is -0.464 e. The van der Waals surface area contributed by atoms with E-state index in [9.17, 15) is 9.59 Å². The molecule has 5 heterocycles. The van der Waals surface area contributed by atoms with Gasteiger partial charge in [-0.25, -0.2) is 9.78 Å². The number of ether oxygens (including phenoxy) is 3. The molecule has 0 radical (unpaired) electrons. The Morgan fingerprint density at radius 2 is 1.93 bits per heavy atom. The van der Waals surface area contributed by atoms with Gasteiger partial charge in [-0.15, -0.1) is 0 Å². The van der Waals surface area contributed by atoms with Crippen LogP contribution in [0.3, 0.4) is 0 Å². The first-order chi connectivity index (χ1) is 20.5. The number of amides is 1. The van der Waals surface area contributed by atoms with Crippen LogP contribution >= 0.6 is 0 Å². The average molecular weight is 590 g/mol. The van der Waals surface area contributed by atoms with Crippen LogP contribution in [-0.2, 0) is 32.0 Å². The molecule has 230 valence electrons. The summed E-state index contributed by atoms with van der Waals surface area (Å²) in [5.41, 5.74) is 3.23. The molecule has 10 heteroatoms. The molecule has 1 amide bonds. The maximum atomic E-state index is 13.4. The summed E-state index contributed by atoms with van der Waals surface area (Å²) in [4.78, 5) is 33.8. The van der Waals surface area contributed by atoms with Crippen LogP contribution < -0.4 is 10.2 Å². The van der Waals surface area contributed by atoms with E-state index in [-0.39, 0.29) is 24.7 Å². The Morgan fingerprint density at radius 3 is 2.65 bits per heavy atom. The highest BCUT2D eigenvalue weighted by atomic mass is 16.6. The molecule has 1 atom stereocenters. The van der Waals surface area contributed by atoms with Crippen molar-refractivity contribution in [1.82, 2.24) is 19.9 Å². The van der Waals surface area contributed by atoms with Crippen molar-refractivity contribution in [1.29, 1.82) is 0 Å². The fourth-order valence-electron chi connectivity index (χ4n) is 5.71. The maximum Gasteiger partial charge on any atom is 0.340 e. The Hall–Kier alpha value is -3.76. The second kappa shape index (κ2) is 12.5. The van der Waals surface area contributed by atoms with Gasteiger partial charge in [0.25, 0.3) is 5.91 Å². The van der Waals surface area contributed by atoms with Crippen LogP contribution in [0, 0.1) is 6.92 Å². The molecule has 1 fully saturated rings. The second-order valence-electron chi connectivity index (χ2n) is 12.5. The lowest BCUT2D eigenvalue weighted by Crippen LogP contribution is -2.45. The van der Waals surface area contributed by atoms with Crippen LogP contribution in [0.25, 0.3) is 5.65 Å². The molecule has 6 rings (SSSR count). The molecule has 2 aromatic heterocycles. The Balaban J connectivity index is 1.63. The zero-order chi connectivity index (χ0) is 30.8. The third-order valence-corrected chi connectivity index (χ3v) is 7.93. The van der Waals surface area contributed by atoms with E-state index in [0.717, 1.165) is 24.2 Å². The summed E-state index contributed by atoms with van der Waals surface area (Å²) >= 11 is 0. The lowest BCUT2D eigenvalue weighted by Gasteiger charge is -2.41. The molecule has 4 bridgehead atoms. The number of hydrogen-bond donors (Lipinski definition) is 1. The number of piperidine rings is 1. The number of aromatic nitrogens is 3. The van der Waals surface area contributed by atoms with Crippen LogP contribution in [0.1, 0.15) is 86.4 Å². The fourth-order valence-corrected chi connectivity index (χ4v) is 5.71. The number of rotatable bonds is 4. The van der Waals surface area contributed by atoms with Crippen molar-refractivity contribution in [3.05, 3.63) is 70.6 Å². The highest BCUT2D eigenvalue weighted by Crippen LogP contribution is 2.38. The number of carbonyl (C=O) groups is 2. The number of allylic oxidation sites excluding steroid dienone is 1. The second-order valence-corrected chi connectivity index (χ2v) is 12.5.